The van der Waals surface area contributed by atoms with Crippen molar-refractivity contribution in [2.45, 2.75) is 58.4 Å². The zero-order chi connectivity index (χ0) is 14.3. The van der Waals surface area contributed by atoms with E-state index in [1.807, 2.05) is 6.92 Å². The number of hydrogen-bond donors (Lipinski definition) is 0. The lowest BCUT2D eigenvalue weighted by Gasteiger charge is -2.26. The van der Waals surface area contributed by atoms with Crippen LogP contribution in [0.5, 0.6) is 0 Å². The lowest BCUT2D eigenvalue weighted by atomic mass is 9.88. The molecule has 3 heteroatoms. The highest BCUT2D eigenvalue weighted by Crippen LogP contribution is 2.40. The van der Waals surface area contributed by atoms with Crippen molar-refractivity contribution < 1.29 is 0 Å². The van der Waals surface area contributed by atoms with Crippen molar-refractivity contribution in [1.82, 2.24) is 9.55 Å². The summed E-state index contributed by atoms with van der Waals surface area (Å²) in [4.78, 5) is 4.82. The van der Waals surface area contributed by atoms with E-state index in [0.717, 1.165) is 17.9 Å². The summed E-state index contributed by atoms with van der Waals surface area (Å²) in [6.07, 6.45) is 5.34. The molecule has 108 valence electrons. The molecule has 0 spiro atoms. The molecule has 0 bridgehead atoms. The van der Waals surface area contributed by atoms with Crippen LogP contribution in [0.25, 0.3) is 11.0 Å². The SMILES string of the molecule is Cc1cccc2c1nc(C(C)Cl)n2CC1(C)CCCC1. The average molecular weight is 291 g/mol. The Morgan fingerprint density at radius 2 is 2.05 bits per heavy atom. The van der Waals surface area contributed by atoms with Crippen LogP contribution in [0, 0.1) is 12.3 Å². The van der Waals surface area contributed by atoms with Crippen LogP contribution < -0.4 is 0 Å². The van der Waals surface area contributed by atoms with Crippen molar-refractivity contribution in [3.63, 3.8) is 0 Å². The quantitative estimate of drug-likeness (QED) is 0.708. The van der Waals surface area contributed by atoms with E-state index < -0.39 is 0 Å². The lowest BCUT2D eigenvalue weighted by Crippen LogP contribution is -2.21. The van der Waals surface area contributed by atoms with Gasteiger partial charge in [0, 0.05) is 6.54 Å². The molecular weight excluding hydrogens is 268 g/mol. The second-order valence-corrected chi connectivity index (χ2v) is 7.29. The monoisotopic (exact) mass is 290 g/mol. The van der Waals surface area contributed by atoms with E-state index in [0.29, 0.717) is 5.41 Å². The van der Waals surface area contributed by atoms with Gasteiger partial charge in [-0.15, -0.1) is 11.6 Å². The van der Waals surface area contributed by atoms with Gasteiger partial charge in [-0.1, -0.05) is 31.9 Å². The molecule has 1 aromatic carbocycles. The maximum atomic E-state index is 6.38. The number of rotatable bonds is 3. The van der Waals surface area contributed by atoms with Gasteiger partial charge in [0.2, 0.25) is 0 Å². The fourth-order valence-corrected chi connectivity index (χ4v) is 3.71. The highest BCUT2D eigenvalue weighted by Gasteiger charge is 2.31. The van der Waals surface area contributed by atoms with Crippen LogP contribution in [0.1, 0.15) is 56.3 Å². The summed E-state index contributed by atoms with van der Waals surface area (Å²) in [6, 6.07) is 6.42. The Kier molecular flexibility index (Phi) is 3.53. The summed E-state index contributed by atoms with van der Waals surface area (Å²) in [6.45, 7) is 7.59. The first-order chi connectivity index (χ1) is 9.50. The number of hydrogen-bond acceptors (Lipinski definition) is 1. The number of aryl methyl sites for hydroxylation is 1. The van der Waals surface area contributed by atoms with Crippen LogP contribution in [0.2, 0.25) is 0 Å². The maximum absolute atomic E-state index is 6.38. The Bertz CT molecular complexity index is 621. The van der Waals surface area contributed by atoms with E-state index >= 15 is 0 Å². The van der Waals surface area contributed by atoms with Gasteiger partial charge in [0.15, 0.2) is 0 Å². The molecule has 0 aliphatic heterocycles. The molecule has 2 aromatic rings. The van der Waals surface area contributed by atoms with Gasteiger partial charge in [-0.25, -0.2) is 4.98 Å². The normalized spacial score (nSPS) is 19.6. The van der Waals surface area contributed by atoms with Gasteiger partial charge in [-0.05, 0) is 43.7 Å². The molecule has 1 aliphatic rings. The molecule has 1 heterocycles. The molecule has 1 saturated carbocycles. The second kappa shape index (κ2) is 5.07. The first-order valence-corrected chi connectivity index (χ1v) is 8.04. The zero-order valence-corrected chi connectivity index (χ0v) is 13.4. The van der Waals surface area contributed by atoms with Crippen LogP contribution in [0.4, 0.5) is 0 Å². The number of imidazole rings is 1. The Hall–Kier alpha value is -1.02. The molecule has 3 rings (SSSR count). The fourth-order valence-electron chi connectivity index (χ4n) is 3.54. The average Bonchev–Trinajstić information content (AvgIpc) is 2.96. The number of para-hydroxylation sites is 1. The summed E-state index contributed by atoms with van der Waals surface area (Å²) >= 11 is 6.38. The summed E-state index contributed by atoms with van der Waals surface area (Å²) in [5.74, 6) is 1.02. The van der Waals surface area contributed by atoms with E-state index in [1.54, 1.807) is 0 Å². The Morgan fingerprint density at radius 1 is 1.35 bits per heavy atom. The summed E-state index contributed by atoms with van der Waals surface area (Å²) in [5, 5.41) is -0.0493. The van der Waals surface area contributed by atoms with Crippen LogP contribution in [0.3, 0.4) is 0 Å². The van der Waals surface area contributed by atoms with Crippen molar-refractivity contribution in [1.29, 1.82) is 0 Å². The maximum Gasteiger partial charge on any atom is 0.127 e. The van der Waals surface area contributed by atoms with E-state index in [-0.39, 0.29) is 5.38 Å². The van der Waals surface area contributed by atoms with Crippen LogP contribution >= 0.6 is 11.6 Å². The van der Waals surface area contributed by atoms with Crippen LogP contribution in [-0.2, 0) is 6.54 Å². The summed E-state index contributed by atoms with van der Waals surface area (Å²) in [7, 11) is 0. The second-order valence-electron chi connectivity index (χ2n) is 6.63. The van der Waals surface area contributed by atoms with Crippen molar-refractivity contribution >= 4 is 22.6 Å². The number of halogens is 1. The molecule has 1 atom stereocenters. The van der Waals surface area contributed by atoms with Gasteiger partial charge in [0.1, 0.15) is 5.82 Å². The predicted octanol–water partition coefficient (Wildman–Crippen LogP) is 5.22. The minimum absolute atomic E-state index is 0.0493. The van der Waals surface area contributed by atoms with Crippen LogP contribution in [-0.4, -0.2) is 9.55 Å². The Labute approximate surface area is 126 Å². The molecule has 0 radical (unpaired) electrons. The molecule has 0 amide bonds. The minimum atomic E-state index is -0.0493. The summed E-state index contributed by atoms with van der Waals surface area (Å²) in [5.41, 5.74) is 3.98. The van der Waals surface area contributed by atoms with Crippen molar-refractivity contribution in [3.8, 4) is 0 Å². The summed E-state index contributed by atoms with van der Waals surface area (Å²) < 4.78 is 2.37. The number of nitrogens with zero attached hydrogens (tertiary/aromatic N) is 2. The molecule has 1 aromatic heterocycles. The number of alkyl halides is 1. The standard InChI is InChI=1S/C17H23ClN2/c1-12-7-6-8-14-15(12)19-16(13(2)18)20(14)11-17(3)9-4-5-10-17/h6-8,13H,4-5,9-11H2,1-3H3. The van der Waals surface area contributed by atoms with E-state index in [4.69, 9.17) is 16.6 Å². The molecule has 1 unspecified atom stereocenters. The van der Waals surface area contributed by atoms with Crippen LogP contribution in [0.15, 0.2) is 18.2 Å². The van der Waals surface area contributed by atoms with Gasteiger partial charge in [-0.2, -0.15) is 0 Å². The smallest absolute Gasteiger partial charge is 0.127 e. The largest absolute Gasteiger partial charge is 0.326 e. The van der Waals surface area contributed by atoms with Gasteiger partial charge < -0.3 is 4.57 Å². The fraction of sp³-hybridized carbons (Fsp3) is 0.588. The van der Waals surface area contributed by atoms with Crippen molar-refractivity contribution in [2.75, 3.05) is 0 Å². The minimum Gasteiger partial charge on any atom is -0.326 e. The van der Waals surface area contributed by atoms with E-state index in [9.17, 15) is 0 Å². The first kappa shape index (κ1) is 13.9. The molecule has 1 fully saturated rings. The zero-order valence-electron chi connectivity index (χ0n) is 12.6. The number of benzene rings is 1. The number of fused-ring (bicyclic) bond motifs is 1. The Balaban J connectivity index is 2.12. The third-order valence-corrected chi connectivity index (χ3v) is 4.91. The molecular formula is C17H23ClN2. The topological polar surface area (TPSA) is 17.8 Å². The lowest BCUT2D eigenvalue weighted by molar-refractivity contribution is 0.281. The molecule has 20 heavy (non-hydrogen) atoms. The van der Waals surface area contributed by atoms with E-state index in [2.05, 4.69) is 36.6 Å². The van der Waals surface area contributed by atoms with Gasteiger partial charge in [-0.3, -0.25) is 0 Å². The first-order valence-electron chi connectivity index (χ1n) is 7.60. The van der Waals surface area contributed by atoms with Gasteiger partial charge >= 0.3 is 0 Å². The Morgan fingerprint density at radius 3 is 2.70 bits per heavy atom. The van der Waals surface area contributed by atoms with Crippen molar-refractivity contribution in [3.05, 3.63) is 29.6 Å². The highest BCUT2D eigenvalue weighted by atomic mass is 35.5. The highest BCUT2D eigenvalue weighted by molar-refractivity contribution is 6.20. The van der Waals surface area contributed by atoms with E-state index in [1.165, 1.54) is 36.8 Å². The third kappa shape index (κ3) is 2.35. The molecule has 2 nitrogen and oxygen atoms in total. The predicted molar refractivity (Wildman–Crippen MR) is 85.3 cm³/mol. The molecule has 1 aliphatic carbocycles. The molecule has 0 N–H and O–H groups in total. The third-order valence-electron chi connectivity index (χ3n) is 4.72. The van der Waals surface area contributed by atoms with Gasteiger partial charge in [0.05, 0.1) is 16.4 Å². The van der Waals surface area contributed by atoms with Gasteiger partial charge in [0.25, 0.3) is 0 Å². The van der Waals surface area contributed by atoms with Crippen molar-refractivity contribution in [2.24, 2.45) is 5.41 Å². The number of aromatic nitrogens is 2. The molecule has 0 saturated heterocycles.